The smallest absolute Gasteiger partial charge is 0.251 e. The second kappa shape index (κ2) is 9.00. The molecule has 2 rings (SSSR count). The van der Waals surface area contributed by atoms with E-state index in [2.05, 4.69) is 32.0 Å². The van der Waals surface area contributed by atoms with Crippen molar-refractivity contribution in [1.82, 2.24) is 10.0 Å². The van der Waals surface area contributed by atoms with E-state index in [0.717, 1.165) is 15.3 Å². The lowest BCUT2D eigenvalue weighted by atomic mass is 10.2. The molecular weight excluding hydrogens is 432 g/mol. The molecule has 9 heteroatoms. The summed E-state index contributed by atoms with van der Waals surface area (Å²) in [7, 11) is -2.21. The maximum Gasteiger partial charge on any atom is 0.251 e. The Bertz CT molecular complexity index is 806. The maximum absolute atomic E-state index is 12.1. The van der Waals surface area contributed by atoms with Crippen LogP contribution in [0.5, 0.6) is 0 Å². The molecule has 0 saturated heterocycles. The van der Waals surface area contributed by atoms with Crippen molar-refractivity contribution < 1.29 is 13.2 Å². The second-order valence-corrected chi connectivity index (χ2v) is 10.3. The zero-order valence-electron chi connectivity index (χ0n) is 12.9. The normalized spacial score (nSPS) is 11.4. The number of hydrogen-bond acceptors (Lipinski definition) is 5. The minimum absolute atomic E-state index is 0.0790. The minimum Gasteiger partial charge on any atom is -0.351 e. The number of nitrogens with one attached hydrogen (secondary N) is 2. The van der Waals surface area contributed by atoms with Crippen LogP contribution in [0.3, 0.4) is 0 Å². The van der Waals surface area contributed by atoms with Crippen LogP contribution in [0.25, 0.3) is 0 Å². The maximum atomic E-state index is 12.1. The Morgan fingerprint density at radius 2 is 2.08 bits per heavy atom. The molecule has 0 radical (unpaired) electrons. The molecule has 0 atom stereocenters. The molecule has 0 bridgehead atoms. The van der Waals surface area contributed by atoms with Crippen LogP contribution in [-0.2, 0) is 15.8 Å². The highest BCUT2D eigenvalue weighted by Crippen LogP contribution is 2.25. The number of halogens is 1. The van der Waals surface area contributed by atoms with Gasteiger partial charge in [-0.3, -0.25) is 4.79 Å². The number of thiophene rings is 1. The summed E-state index contributed by atoms with van der Waals surface area (Å²) in [4.78, 5) is 13.5. The summed E-state index contributed by atoms with van der Waals surface area (Å²) in [6, 6.07) is 10.1. The molecular formula is C15H17BrN2O3S3. The molecule has 0 saturated carbocycles. The summed E-state index contributed by atoms with van der Waals surface area (Å²) in [5.74, 6) is 1.42. The van der Waals surface area contributed by atoms with E-state index in [1.165, 1.54) is 24.1 Å². The number of hydrogen-bond donors (Lipinski definition) is 2. The van der Waals surface area contributed by atoms with Gasteiger partial charge in [-0.25, -0.2) is 13.1 Å². The van der Waals surface area contributed by atoms with Crippen LogP contribution in [-0.4, -0.2) is 33.7 Å². The van der Waals surface area contributed by atoms with E-state index in [1.54, 1.807) is 35.2 Å². The number of benzene rings is 1. The van der Waals surface area contributed by atoms with Crippen molar-refractivity contribution in [1.29, 1.82) is 0 Å². The van der Waals surface area contributed by atoms with Gasteiger partial charge in [0.2, 0.25) is 10.0 Å². The largest absolute Gasteiger partial charge is 0.351 e. The molecule has 0 aliphatic heterocycles. The van der Waals surface area contributed by atoms with Gasteiger partial charge >= 0.3 is 0 Å². The fraction of sp³-hybridized carbons (Fsp3) is 0.267. The molecule has 0 spiro atoms. The molecule has 130 valence electrons. The zero-order chi connectivity index (χ0) is 17.6. The Morgan fingerprint density at radius 1 is 1.29 bits per heavy atom. The summed E-state index contributed by atoms with van der Waals surface area (Å²) in [5.41, 5.74) is 0.332. The molecule has 0 aliphatic rings. The monoisotopic (exact) mass is 448 g/mol. The first kappa shape index (κ1) is 19.5. The summed E-state index contributed by atoms with van der Waals surface area (Å²) in [5, 5.41) is 2.81. The third kappa shape index (κ3) is 5.59. The van der Waals surface area contributed by atoms with Crippen LogP contribution < -0.4 is 10.0 Å². The van der Waals surface area contributed by atoms with Gasteiger partial charge in [0.15, 0.2) is 0 Å². The SMILES string of the molecule is CNS(=O)(=O)c1cccc(C(=O)NCCSCc2ccc(Br)s2)c1. The average Bonchev–Trinajstić information content (AvgIpc) is 2.99. The molecule has 0 fully saturated rings. The quantitative estimate of drug-likeness (QED) is 0.608. The lowest BCUT2D eigenvalue weighted by Gasteiger charge is -2.07. The van der Waals surface area contributed by atoms with E-state index < -0.39 is 10.0 Å². The third-order valence-corrected chi connectivity index (χ3v) is 7.31. The zero-order valence-corrected chi connectivity index (χ0v) is 16.9. The molecule has 1 amide bonds. The van der Waals surface area contributed by atoms with Gasteiger partial charge < -0.3 is 5.32 Å². The molecule has 0 aliphatic carbocycles. The van der Waals surface area contributed by atoms with E-state index in [9.17, 15) is 13.2 Å². The standard InChI is InChI=1S/C15H17BrN2O3S3/c1-17-24(20,21)13-4-2-3-11(9-13)15(19)18-7-8-22-10-12-5-6-14(16)23-12/h2-6,9,17H,7-8,10H2,1H3,(H,18,19). The van der Waals surface area contributed by atoms with E-state index in [-0.39, 0.29) is 10.8 Å². The van der Waals surface area contributed by atoms with Crippen LogP contribution in [0, 0.1) is 0 Å². The Morgan fingerprint density at radius 3 is 2.75 bits per heavy atom. The lowest BCUT2D eigenvalue weighted by molar-refractivity contribution is 0.0956. The molecule has 1 heterocycles. The summed E-state index contributed by atoms with van der Waals surface area (Å²) >= 11 is 6.87. The van der Waals surface area contributed by atoms with Gasteiger partial charge in [0.05, 0.1) is 8.68 Å². The molecule has 0 unspecified atom stereocenters. The van der Waals surface area contributed by atoms with Crippen molar-refractivity contribution in [3.05, 3.63) is 50.6 Å². The first-order valence-corrected chi connectivity index (χ1v) is 11.3. The first-order chi connectivity index (χ1) is 11.4. The number of thioether (sulfide) groups is 1. The topological polar surface area (TPSA) is 75.3 Å². The van der Waals surface area contributed by atoms with Gasteiger partial charge in [0.1, 0.15) is 0 Å². The Hall–Kier alpha value is -0.870. The highest BCUT2D eigenvalue weighted by Gasteiger charge is 2.14. The van der Waals surface area contributed by atoms with Crippen LogP contribution in [0.1, 0.15) is 15.2 Å². The molecule has 5 nitrogen and oxygen atoms in total. The summed E-state index contributed by atoms with van der Waals surface area (Å²) in [6.45, 7) is 0.527. The summed E-state index contributed by atoms with van der Waals surface area (Å²) in [6.07, 6.45) is 0. The van der Waals surface area contributed by atoms with Crippen molar-refractivity contribution >= 4 is 55.0 Å². The van der Waals surface area contributed by atoms with Crippen LogP contribution in [0.15, 0.2) is 45.1 Å². The second-order valence-electron chi connectivity index (χ2n) is 4.75. The van der Waals surface area contributed by atoms with Gasteiger partial charge in [0, 0.05) is 28.5 Å². The van der Waals surface area contributed by atoms with Crippen molar-refractivity contribution in [2.24, 2.45) is 0 Å². The van der Waals surface area contributed by atoms with Crippen LogP contribution >= 0.6 is 39.0 Å². The van der Waals surface area contributed by atoms with E-state index in [1.807, 2.05) is 6.07 Å². The predicted octanol–water partition coefficient (Wildman–Crippen LogP) is 3.08. The van der Waals surface area contributed by atoms with Crippen molar-refractivity contribution in [2.45, 2.75) is 10.6 Å². The Labute approximate surface area is 158 Å². The lowest BCUT2D eigenvalue weighted by Crippen LogP contribution is -2.26. The molecule has 1 aromatic carbocycles. The molecule has 2 N–H and O–H groups in total. The summed E-state index contributed by atoms with van der Waals surface area (Å²) < 4.78 is 26.9. The Kier molecular flexibility index (Phi) is 7.30. The van der Waals surface area contributed by atoms with E-state index in [0.29, 0.717) is 12.1 Å². The van der Waals surface area contributed by atoms with Crippen LogP contribution in [0.4, 0.5) is 0 Å². The van der Waals surface area contributed by atoms with Gasteiger partial charge in [-0.1, -0.05) is 6.07 Å². The highest BCUT2D eigenvalue weighted by atomic mass is 79.9. The van der Waals surface area contributed by atoms with Gasteiger partial charge in [-0.15, -0.1) is 11.3 Å². The van der Waals surface area contributed by atoms with Crippen molar-refractivity contribution in [3.8, 4) is 0 Å². The molecule has 1 aromatic heterocycles. The highest BCUT2D eigenvalue weighted by molar-refractivity contribution is 9.11. The van der Waals surface area contributed by atoms with Gasteiger partial charge in [-0.2, -0.15) is 11.8 Å². The number of rotatable bonds is 8. The fourth-order valence-electron chi connectivity index (χ4n) is 1.86. The minimum atomic E-state index is -3.55. The van der Waals surface area contributed by atoms with E-state index in [4.69, 9.17) is 0 Å². The van der Waals surface area contributed by atoms with Crippen LogP contribution in [0.2, 0.25) is 0 Å². The van der Waals surface area contributed by atoms with Gasteiger partial charge in [0.25, 0.3) is 5.91 Å². The Balaban J connectivity index is 1.81. The van der Waals surface area contributed by atoms with Gasteiger partial charge in [-0.05, 0) is 53.3 Å². The first-order valence-electron chi connectivity index (χ1n) is 7.06. The van der Waals surface area contributed by atoms with Crippen molar-refractivity contribution in [3.63, 3.8) is 0 Å². The average molecular weight is 449 g/mol. The molecule has 2 aromatic rings. The van der Waals surface area contributed by atoms with E-state index >= 15 is 0 Å². The number of carbonyl (C=O) groups excluding carboxylic acids is 1. The molecule has 24 heavy (non-hydrogen) atoms. The predicted molar refractivity (Wildman–Crippen MR) is 103 cm³/mol. The number of amides is 1. The number of carbonyl (C=O) groups is 1. The number of sulfonamides is 1. The van der Waals surface area contributed by atoms with Crippen molar-refractivity contribution in [2.75, 3.05) is 19.3 Å². The fourth-order valence-corrected chi connectivity index (χ4v) is 5.09. The third-order valence-electron chi connectivity index (χ3n) is 3.08.